The Bertz CT molecular complexity index is 633. The summed E-state index contributed by atoms with van der Waals surface area (Å²) in [7, 11) is 1.63. The van der Waals surface area contributed by atoms with E-state index >= 15 is 0 Å². The van der Waals surface area contributed by atoms with Gasteiger partial charge in [-0.2, -0.15) is 0 Å². The first-order chi connectivity index (χ1) is 10.8. The number of thiazole rings is 1. The van der Waals surface area contributed by atoms with Gasteiger partial charge in [0, 0.05) is 24.1 Å². The molecule has 1 aliphatic rings. The second kappa shape index (κ2) is 6.89. The van der Waals surface area contributed by atoms with Crippen molar-refractivity contribution in [2.45, 2.75) is 18.9 Å². The average Bonchev–Trinajstić information content (AvgIpc) is 3.24. The minimum atomic E-state index is -0.147. The molecule has 0 unspecified atom stereocenters. The van der Waals surface area contributed by atoms with Gasteiger partial charge in [-0.3, -0.25) is 4.79 Å². The quantitative estimate of drug-likeness (QED) is 0.921. The standard InChI is InChI=1S/C16H18N2O3S/c1-20-12-6-4-11(5-7-12)16-18-14(10-22-16)15(19)17-9-13-3-2-8-21-13/h4-7,10,13H,2-3,8-9H2,1H3,(H,17,19)/t13-/m0/s1. The Morgan fingerprint density at radius 3 is 2.95 bits per heavy atom. The number of aromatic nitrogens is 1. The third kappa shape index (κ3) is 3.45. The number of rotatable bonds is 5. The minimum Gasteiger partial charge on any atom is -0.497 e. The molecule has 0 spiro atoms. The van der Waals surface area contributed by atoms with Crippen molar-refractivity contribution in [1.82, 2.24) is 10.3 Å². The van der Waals surface area contributed by atoms with Gasteiger partial charge in [-0.05, 0) is 37.1 Å². The van der Waals surface area contributed by atoms with Crippen molar-refractivity contribution in [3.8, 4) is 16.3 Å². The monoisotopic (exact) mass is 318 g/mol. The summed E-state index contributed by atoms with van der Waals surface area (Å²) in [5, 5.41) is 5.49. The van der Waals surface area contributed by atoms with Gasteiger partial charge in [0.25, 0.3) is 5.91 Å². The molecule has 1 amide bonds. The van der Waals surface area contributed by atoms with E-state index in [1.165, 1.54) is 11.3 Å². The highest BCUT2D eigenvalue weighted by molar-refractivity contribution is 7.13. The number of benzene rings is 1. The van der Waals surface area contributed by atoms with Gasteiger partial charge in [0.15, 0.2) is 0 Å². The van der Waals surface area contributed by atoms with Crippen LogP contribution in [0.5, 0.6) is 5.75 Å². The smallest absolute Gasteiger partial charge is 0.270 e. The lowest BCUT2D eigenvalue weighted by Crippen LogP contribution is -2.31. The van der Waals surface area contributed by atoms with Gasteiger partial charge in [0.2, 0.25) is 0 Å². The number of nitrogens with one attached hydrogen (secondary N) is 1. The molecule has 1 N–H and O–H groups in total. The van der Waals surface area contributed by atoms with E-state index in [4.69, 9.17) is 9.47 Å². The highest BCUT2D eigenvalue weighted by atomic mass is 32.1. The van der Waals surface area contributed by atoms with Crippen LogP contribution in [-0.4, -0.2) is 37.3 Å². The van der Waals surface area contributed by atoms with Gasteiger partial charge in [-0.15, -0.1) is 11.3 Å². The zero-order valence-electron chi connectivity index (χ0n) is 12.4. The minimum absolute atomic E-state index is 0.142. The van der Waals surface area contributed by atoms with Crippen molar-refractivity contribution < 1.29 is 14.3 Å². The summed E-state index contributed by atoms with van der Waals surface area (Å²) in [6.07, 6.45) is 2.22. The topological polar surface area (TPSA) is 60.5 Å². The van der Waals surface area contributed by atoms with Crippen molar-refractivity contribution in [1.29, 1.82) is 0 Å². The lowest BCUT2D eigenvalue weighted by Gasteiger charge is -2.09. The van der Waals surface area contributed by atoms with Crippen LogP contribution in [0.25, 0.3) is 10.6 Å². The fraction of sp³-hybridized carbons (Fsp3) is 0.375. The molecular formula is C16H18N2O3S. The lowest BCUT2D eigenvalue weighted by molar-refractivity contribution is 0.0854. The summed E-state index contributed by atoms with van der Waals surface area (Å²) in [5.41, 5.74) is 1.43. The summed E-state index contributed by atoms with van der Waals surface area (Å²) in [5.74, 6) is 0.654. The summed E-state index contributed by atoms with van der Waals surface area (Å²) < 4.78 is 10.6. The molecule has 5 nitrogen and oxygen atoms in total. The Kier molecular flexibility index (Phi) is 4.70. The molecule has 2 heterocycles. The molecule has 0 bridgehead atoms. The molecule has 1 fully saturated rings. The number of methoxy groups -OCH3 is 1. The van der Waals surface area contributed by atoms with Crippen LogP contribution in [0.1, 0.15) is 23.3 Å². The molecule has 6 heteroatoms. The van der Waals surface area contributed by atoms with E-state index in [-0.39, 0.29) is 12.0 Å². The van der Waals surface area contributed by atoms with E-state index in [0.29, 0.717) is 12.2 Å². The van der Waals surface area contributed by atoms with Gasteiger partial charge in [0.1, 0.15) is 16.5 Å². The van der Waals surface area contributed by atoms with Crippen LogP contribution in [0.4, 0.5) is 0 Å². The van der Waals surface area contributed by atoms with Crippen LogP contribution in [0.3, 0.4) is 0 Å². The lowest BCUT2D eigenvalue weighted by atomic mass is 10.2. The summed E-state index contributed by atoms with van der Waals surface area (Å²) in [6, 6.07) is 7.64. The van der Waals surface area contributed by atoms with E-state index in [0.717, 1.165) is 35.8 Å². The first kappa shape index (κ1) is 15.0. The van der Waals surface area contributed by atoms with Crippen LogP contribution in [0, 0.1) is 0 Å². The number of carbonyl (C=O) groups is 1. The largest absolute Gasteiger partial charge is 0.497 e. The fourth-order valence-electron chi connectivity index (χ4n) is 2.35. The zero-order chi connectivity index (χ0) is 15.4. The third-order valence-electron chi connectivity index (χ3n) is 3.59. The van der Waals surface area contributed by atoms with Crippen molar-refractivity contribution in [2.24, 2.45) is 0 Å². The van der Waals surface area contributed by atoms with Crippen LogP contribution in [0.15, 0.2) is 29.6 Å². The molecule has 0 saturated carbocycles. The van der Waals surface area contributed by atoms with E-state index in [2.05, 4.69) is 10.3 Å². The molecule has 1 saturated heterocycles. The predicted molar refractivity (Wildman–Crippen MR) is 85.4 cm³/mol. The molecular weight excluding hydrogens is 300 g/mol. The Morgan fingerprint density at radius 2 is 2.27 bits per heavy atom. The van der Waals surface area contributed by atoms with Crippen LogP contribution in [0.2, 0.25) is 0 Å². The Hall–Kier alpha value is -1.92. The van der Waals surface area contributed by atoms with Gasteiger partial charge in [0.05, 0.1) is 13.2 Å². The molecule has 2 aromatic rings. The number of carbonyl (C=O) groups excluding carboxylic acids is 1. The molecule has 22 heavy (non-hydrogen) atoms. The molecule has 1 aromatic carbocycles. The summed E-state index contributed by atoms with van der Waals surface area (Å²) in [6.45, 7) is 1.34. The van der Waals surface area contributed by atoms with Crippen LogP contribution in [-0.2, 0) is 4.74 Å². The van der Waals surface area contributed by atoms with Gasteiger partial charge in [-0.25, -0.2) is 4.98 Å². The highest BCUT2D eigenvalue weighted by Crippen LogP contribution is 2.25. The first-order valence-electron chi connectivity index (χ1n) is 7.26. The van der Waals surface area contributed by atoms with Gasteiger partial charge >= 0.3 is 0 Å². The van der Waals surface area contributed by atoms with Crippen LogP contribution < -0.4 is 10.1 Å². The van der Waals surface area contributed by atoms with Gasteiger partial charge in [-0.1, -0.05) is 0 Å². The average molecular weight is 318 g/mol. The van der Waals surface area contributed by atoms with Crippen molar-refractivity contribution in [3.05, 3.63) is 35.3 Å². The molecule has 0 radical (unpaired) electrons. The zero-order valence-corrected chi connectivity index (χ0v) is 13.2. The van der Waals surface area contributed by atoms with Crippen molar-refractivity contribution in [3.63, 3.8) is 0 Å². The molecule has 1 atom stereocenters. The maximum Gasteiger partial charge on any atom is 0.270 e. The number of nitrogens with zero attached hydrogens (tertiary/aromatic N) is 1. The highest BCUT2D eigenvalue weighted by Gasteiger charge is 2.18. The molecule has 116 valence electrons. The Labute approximate surface area is 133 Å². The second-order valence-corrected chi connectivity index (χ2v) is 5.97. The van der Waals surface area contributed by atoms with Gasteiger partial charge < -0.3 is 14.8 Å². The maximum absolute atomic E-state index is 12.1. The number of hydrogen-bond acceptors (Lipinski definition) is 5. The third-order valence-corrected chi connectivity index (χ3v) is 4.48. The normalized spacial score (nSPS) is 17.4. The van der Waals surface area contributed by atoms with Crippen molar-refractivity contribution in [2.75, 3.05) is 20.3 Å². The first-order valence-corrected chi connectivity index (χ1v) is 8.14. The molecule has 1 aromatic heterocycles. The van der Waals surface area contributed by atoms with Crippen molar-refractivity contribution >= 4 is 17.2 Å². The second-order valence-electron chi connectivity index (χ2n) is 5.11. The van der Waals surface area contributed by atoms with E-state index in [1.807, 2.05) is 24.3 Å². The predicted octanol–water partition coefficient (Wildman–Crippen LogP) is 2.73. The van der Waals surface area contributed by atoms with E-state index in [9.17, 15) is 4.79 Å². The summed E-state index contributed by atoms with van der Waals surface area (Å²) in [4.78, 5) is 16.5. The number of ether oxygens (including phenoxy) is 2. The Balaban J connectivity index is 1.63. The van der Waals surface area contributed by atoms with E-state index < -0.39 is 0 Å². The molecule has 3 rings (SSSR count). The Morgan fingerprint density at radius 1 is 1.45 bits per heavy atom. The molecule has 1 aliphatic heterocycles. The number of amides is 1. The fourth-order valence-corrected chi connectivity index (χ4v) is 3.15. The number of hydrogen-bond donors (Lipinski definition) is 1. The van der Waals surface area contributed by atoms with Crippen LogP contribution >= 0.6 is 11.3 Å². The molecule has 0 aliphatic carbocycles. The summed E-state index contributed by atoms with van der Waals surface area (Å²) >= 11 is 1.46. The van der Waals surface area contributed by atoms with E-state index in [1.54, 1.807) is 12.5 Å². The SMILES string of the molecule is COc1ccc(-c2nc(C(=O)NC[C@@H]3CCCO3)cs2)cc1. The maximum atomic E-state index is 12.1.